The van der Waals surface area contributed by atoms with Gasteiger partial charge in [0.15, 0.2) is 0 Å². The van der Waals surface area contributed by atoms with Crippen LogP contribution >= 0.6 is 0 Å². The molecule has 1 aromatic rings. The highest BCUT2D eigenvalue weighted by atomic mass is 19.3. The molecule has 112 valence electrons. The van der Waals surface area contributed by atoms with Crippen molar-refractivity contribution in [2.75, 3.05) is 0 Å². The fourth-order valence-corrected chi connectivity index (χ4v) is 1.85. The van der Waals surface area contributed by atoms with Crippen molar-refractivity contribution in [3.05, 3.63) is 18.5 Å². The smallest absolute Gasteiger partial charge is 0.403 e. The number of aromatic nitrogens is 2. The van der Waals surface area contributed by atoms with Crippen LogP contribution in [0.1, 0.15) is 47.1 Å². The van der Waals surface area contributed by atoms with E-state index in [-0.39, 0.29) is 18.3 Å². The Bertz CT molecular complexity index is 418. The molecule has 7 heteroatoms. The highest BCUT2D eigenvalue weighted by Crippen LogP contribution is 2.48. The third-order valence-electron chi connectivity index (χ3n) is 4.00. The van der Waals surface area contributed by atoms with Gasteiger partial charge in [-0.1, -0.05) is 12.8 Å². The van der Waals surface area contributed by atoms with Gasteiger partial charge in [-0.15, -0.1) is 0 Å². The third kappa shape index (κ3) is 3.38. The normalized spacial score (nSPS) is 23.6. The van der Waals surface area contributed by atoms with E-state index in [9.17, 15) is 8.78 Å². The van der Waals surface area contributed by atoms with Gasteiger partial charge >= 0.3 is 13.7 Å². The highest BCUT2D eigenvalue weighted by molar-refractivity contribution is 6.48. The summed E-state index contributed by atoms with van der Waals surface area (Å²) in [5, 5.41) is 3.28. The maximum atomic E-state index is 11.5. The van der Waals surface area contributed by atoms with Crippen molar-refractivity contribution in [3.63, 3.8) is 0 Å². The zero-order valence-electron chi connectivity index (χ0n) is 12.3. The van der Waals surface area contributed by atoms with E-state index in [0.717, 1.165) is 0 Å². The molecule has 0 unspecified atom stereocenters. The van der Waals surface area contributed by atoms with Gasteiger partial charge in [0, 0.05) is 12.4 Å². The molecule has 0 bridgehead atoms. The van der Waals surface area contributed by atoms with Gasteiger partial charge < -0.3 is 9.31 Å². The van der Waals surface area contributed by atoms with Crippen LogP contribution < -0.4 is 0 Å². The Hall–Kier alpha value is -0.945. The minimum atomic E-state index is -2.51. The van der Waals surface area contributed by atoms with Crippen molar-refractivity contribution >= 4 is 7.12 Å². The quantitative estimate of drug-likeness (QED) is 0.780. The SMILES string of the molecule is CC1(C)OB(C2CC2)OC1(C)C.FC(F)n1cccn1. The van der Waals surface area contributed by atoms with Crippen molar-refractivity contribution in [2.45, 2.75) is 64.1 Å². The predicted octanol–water partition coefficient (Wildman–Crippen LogP) is 3.52. The molecule has 4 nitrogen and oxygen atoms in total. The molecule has 1 aliphatic heterocycles. The molecule has 2 heterocycles. The second-order valence-electron chi connectivity index (χ2n) is 6.23. The number of nitrogens with zero attached hydrogens (tertiary/aromatic N) is 2. The van der Waals surface area contributed by atoms with Crippen LogP contribution in [0.3, 0.4) is 0 Å². The van der Waals surface area contributed by atoms with Crippen LogP contribution in [0.2, 0.25) is 5.82 Å². The summed E-state index contributed by atoms with van der Waals surface area (Å²) in [6, 6.07) is 1.45. The lowest BCUT2D eigenvalue weighted by atomic mass is 9.82. The first-order valence-corrected chi connectivity index (χ1v) is 6.86. The lowest BCUT2D eigenvalue weighted by molar-refractivity contribution is 0.00578. The molecule has 0 spiro atoms. The van der Waals surface area contributed by atoms with Gasteiger partial charge in [-0.05, 0) is 39.6 Å². The minimum Gasteiger partial charge on any atom is -0.403 e. The molecular formula is C13H21BF2N2O2. The topological polar surface area (TPSA) is 36.3 Å². The number of halogens is 2. The molecule has 3 rings (SSSR count). The maximum absolute atomic E-state index is 11.5. The summed E-state index contributed by atoms with van der Waals surface area (Å²) in [5.74, 6) is 0.672. The molecule has 0 N–H and O–H groups in total. The summed E-state index contributed by atoms with van der Waals surface area (Å²) in [5.41, 5.74) is -0.277. The average molecular weight is 286 g/mol. The van der Waals surface area contributed by atoms with Crippen LogP contribution in [0.25, 0.3) is 0 Å². The van der Waals surface area contributed by atoms with Gasteiger partial charge in [0.05, 0.1) is 11.2 Å². The lowest BCUT2D eigenvalue weighted by Crippen LogP contribution is -2.41. The second kappa shape index (κ2) is 5.45. The van der Waals surface area contributed by atoms with Crippen molar-refractivity contribution in [2.24, 2.45) is 0 Å². The van der Waals surface area contributed by atoms with Crippen molar-refractivity contribution in [1.29, 1.82) is 0 Å². The van der Waals surface area contributed by atoms with Crippen molar-refractivity contribution in [1.82, 2.24) is 9.78 Å². The van der Waals surface area contributed by atoms with Gasteiger partial charge in [-0.3, -0.25) is 0 Å². The van der Waals surface area contributed by atoms with E-state index in [1.165, 1.54) is 31.3 Å². The van der Waals surface area contributed by atoms with Crippen LogP contribution in [0, 0.1) is 0 Å². The molecule has 1 aliphatic carbocycles. The van der Waals surface area contributed by atoms with Crippen molar-refractivity contribution < 1.29 is 18.1 Å². The minimum absolute atomic E-state index is 0.0648. The van der Waals surface area contributed by atoms with Crippen LogP contribution in [-0.4, -0.2) is 28.1 Å². The molecular weight excluding hydrogens is 265 g/mol. The summed E-state index contributed by atoms with van der Waals surface area (Å²) in [6.07, 6.45) is 5.07. The van der Waals surface area contributed by atoms with Gasteiger partial charge in [0.25, 0.3) is 0 Å². The second-order valence-corrected chi connectivity index (χ2v) is 6.23. The van der Waals surface area contributed by atoms with E-state index in [1.54, 1.807) is 0 Å². The standard InChI is InChI=1S/C9H17BO2.C4H4F2N2/c1-8(2)9(3,4)12-10(11-8)7-5-6-7;5-4(6)8-3-1-2-7-8/h7H,5-6H2,1-4H3;1-4H. The first kappa shape index (κ1) is 15.4. The van der Waals surface area contributed by atoms with E-state index in [1.807, 2.05) is 0 Å². The summed E-state index contributed by atoms with van der Waals surface area (Å²) in [6.45, 7) is 5.92. The Kier molecular flexibility index (Phi) is 4.20. The van der Waals surface area contributed by atoms with E-state index in [2.05, 4.69) is 32.8 Å². The van der Waals surface area contributed by atoms with Crippen LogP contribution in [0.15, 0.2) is 18.5 Å². The number of hydrogen-bond acceptors (Lipinski definition) is 3. The molecule has 1 saturated heterocycles. The average Bonchev–Trinajstić information content (AvgIpc) is 2.96. The molecule has 0 atom stereocenters. The van der Waals surface area contributed by atoms with E-state index in [0.29, 0.717) is 10.5 Å². The number of hydrogen-bond donors (Lipinski definition) is 0. The Morgan fingerprint density at radius 3 is 2.05 bits per heavy atom. The molecule has 0 aromatic carbocycles. The lowest BCUT2D eigenvalue weighted by Gasteiger charge is -2.32. The zero-order valence-corrected chi connectivity index (χ0v) is 12.3. The molecule has 2 fully saturated rings. The predicted molar refractivity (Wildman–Crippen MR) is 72.5 cm³/mol. The molecule has 0 radical (unpaired) electrons. The summed E-state index contributed by atoms with van der Waals surface area (Å²) < 4.78 is 35.3. The van der Waals surface area contributed by atoms with Crippen molar-refractivity contribution in [3.8, 4) is 0 Å². The monoisotopic (exact) mass is 286 g/mol. The first-order chi connectivity index (χ1) is 9.23. The van der Waals surface area contributed by atoms with E-state index < -0.39 is 6.55 Å². The molecule has 1 aromatic heterocycles. The Labute approximate surface area is 118 Å². The van der Waals surface area contributed by atoms with E-state index >= 15 is 0 Å². The molecule has 0 amide bonds. The van der Waals surface area contributed by atoms with Gasteiger partial charge in [0.2, 0.25) is 0 Å². The summed E-state index contributed by atoms with van der Waals surface area (Å²) >= 11 is 0. The fraction of sp³-hybridized carbons (Fsp3) is 0.769. The van der Waals surface area contributed by atoms with E-state index in [4.69, 9.17) is 9.31 Å². The van der Waals surface area contributed by atoms with Gasteiger partial charge in [-0.2, -0.15) is 13.9 Å². The zero-order chi connectivity index (χ0) is 15.0. The largest absolute Gasteiger partial charge is 0.461 e. The highest BCUT2D eigenvalue weighted by Gasteiger charge is 2.55. The Morgan fingerprint density at radius 1 is 1.20 bits per heavy atom. The number of alkyl halides is 2. The van der Waals surface area contributed by atoms with Crippen LogP contribution in [-0.2, 0) is 9.31 Å². The summed E-state index contributed by atoms with van der Waals surface area (Å²) in [4.78, 5) is 0. The van der Waals surface area contributed by atoms with Gasteiger partial charge in [0.1, 0.15) is 0 Å². The van der Waals surface area contributed by atoms with Gasteiger partial charge in [-0.25, -0.2) is 4.68 Å². The molecule has 2 aliphatic rings. The number of rotatable bonds is 2. The van der Waals surface area contributed by atoms with Crippen LogP contribution in [0.4, 0.5) is 8.78 Å². The fourth-order valence-electron chi connectivity index (χ4n) is 1.85. The molecule has 20 heavy (non-hydrogen) atoms. The first-order valence-electron chi connectivity index (χ1n) is 6.86. The maximum Gasteiger partial charge on any atom is 0.461 e. The van der Waals surface area contributed by atoms with Crippen LogP contribution in [0.5, 0.6) is 0 Å². The molecule has 1 saturated carbocycles. The third-order valence-corrected chi connectivity index (χ3v) is 4.00. The Morgan fingerprint density at radius 2 is 1.75 bits per heavy atom. The Balaban J connectivity index is 0.000000160. The summed E-state index contributed by atoms with van der Waals surface area (Å²) in [7, 11) is 0.0648.